The minimum Gasteiger partial charge on any atom is -0.493 e. The van der Waals surface area contributed by atoms with E-state index in [1.807, 2.05) is 50.4 Å². The number of guanidine groups is 1. The molecule has 4 aromatic rings. The molecule has 2 aromatic heterocycles. The number of halogens is 1. The molecule has 4 rings (SSSR count). The number of aliphatic imine (C=N–C) groups is 1. The Bertz CT molecular complexity index is 1490. The van der Waals surface area contributed by atoms with Crippen LogP contribution in [-0.4, -0.2) is 47.6 Å². The summed E-state index contributed by atoms with van der Waals surface area (Å²) in [6.07, 6.45) is 5.68. The minimum atomic E-state index is -0.366. The SMILES string of the molecule is COc1ccc(C=CC(=O)NC(=NCCc2c[nH]c3ccc(Cl)cc23)Nc2nc(C)cc(C)n2)cc1OC. The molecule has 0 aliphatic heterocycles. The Morgan fingerprint density at radius 3 is 2.55 bits per heavy atom. The van der Waals surface area contributed by atoms with Crippen LogP contribution in [0.4, 0.5) is 5.95 Å². The van der Waals surface area contributed by atoms with Crippen molar-refractivity contribution in [1.29, 1.82) is 0 Å². The third-order valence-electron chi connectivity index (χ3n) is 5.67. The van der Waals surface area contributed by atoms with E-state index in [-0.39, 0.29) is 11.9 Å². The summed E-state index contributed by atoms with van der Waals surface area (Å²) in [6.45, 7) is 4.17. The van der Waals surface area contributed by atoms with E-state index in [1.165, 1.54) is 6.08 Å². The van der Waals surface area contributed by atoms with Gasteiger partial charge in [0.25, 0.3) is 5.91 Å². The van der Waals surface area contributed by atoms with Gasteiger partial charge in [0.1, 0.15) is 0 Å². The number of H-pyrrole nitrogens is 1. The summed E-state index contributed by atoms with van der Waals surface area (Å²) in [7, 11) is 3.13. The molecular formula is C28H29ClN6O3. The molecule has 10 heteroatoms. The largest absolute Gasteiger partial charge is 0.493 e. The van der Waals surface area contributed by atoms with E-state index < -0.39 is 0 Å². The van der Waals surface area contributed by atoms with Gasteiger partial charge in [-0.05, 0) is 73.9 Å². The van der Waals surface area contributed by atoms with E-state index in [1.54, 1.807) is 32.4 Å². The van der Waals surface area contributed by atoms with Crippen molar-refractivity contribution in [3.8, 4) is 11.5 Å². The molecule has 0 aliphatic carbocycles. The number of aryl methyl sites for hydroxylation is 2. The minimum absolute atomic E-state index is 0.245. The van der Waals surface area contributed by atoms with Crippen LogP contribution in [0.25, 0.3) is 17.0 Å². The lowest BCUT2D eigenvalue weighted by Crippen LogP contribution is -2.35. The highest BCUT2D eigenvalue weighted by molar-refractivity contribution is 6.31. The second kappa shape index (κ2) is 12.2. The van der Waals surface area contributed by atoms with Crippen LogP contribution in [-0.2, 0) is 11.2 Å². The van der Waals surface area contributed by atoms with Gasteiger partial charge in [0.2, 0.25) is 11.9 Å². The van der Waals surface area contributed by atoms with Crippen LogP contribution in [0.3, 0.4) is 0 Å². The van der Waals surface area contributed by atoms with Gasteiger partial charge in [-0.2, -0.15) is 0 Å². The second-order valence-electron chi connectivity index (χ2n) is 8.52. The summed E-state index contributed by atoms with van der Waals surface area (Å²) in [5.74, 6) is 1.41. The Morgan fingerprint density at radius 1 is 1.05 bits per heavy atom. The van der Waals surface area contributed by atoms with Crippen LogP contribution in [0.2, 0.25) is 5.02 Å². The van der Waals surface area contributed by atoms with Crippen molar-refractivity contribution in [2.45, 2.75) is 20.3 Å². The summed E-state index contributed by atoms with van der Waals surface area (Å²) in [6, 6.07) is 13.0. The molecule has 0 aliphatic rings. The number of anilines is 1. The first-order chi connectivity index (χ1) is 18.3. The average Bonchev–Trinajstić information content (AvgIpc) is 3.28. The fourth-order valence-corrected chi connectivity index (χ4v) is 4.10. The number of carbonyl (C=O) groups excluding carboxylic acids is 1. The molecule has 0 bridgehead atoms. The van der Waals surface area contributed by atoms with Crippen molar-refractivity contribution in [3.05, 3.63) is 82.3 Å². The van der Waals surface area contributed by atoms with E-state index in [0.717, 1.165) is 33.4 Å². The van der Waals surface area contributed by atoms with Crippen molar-refractivity contribution < 1.29 is 14.3 Å². The predicted molar refractivity (Wildman–Crippen MR) is 151 cm³/mol. The Labute approximate surface area is 226 Å². The lowest BCUT2D eigenvalue weighted by atomic mass is 10.1. The highest BCUT2D eigenvalue weighted by atomic mass is 35.5. The quantitative estimate of drug-likeness (QED) is 0.165. The molecule has 9 nitrogen and oxygen atoms in total. The number of nitrogens with one attached hydrogen (secondary N) is 3. The molecule has 0 spiro atoms. The zero-order valence-electron chi connectivity index (χ0n) is 21.6. The number of amides is 1. The summed E-state index contributed by atoms with van der Waals surface area (Å²) in [5, 5.41) is 7.56. The van der Waals surface area contributed by atoms with Gasteiger partial charge in [-0.1, -0.05) is 17.7 Å². The normalized spacial score (nSPS) is 11.7. The number of carbonyl (C=O) groups is 1. The van der Waals surface area contributed by atoms with Crippen molar-refractivity contribution in [2.24, 2.45) is 4.99 Å². The number of fused-ring (bicyclic) bond motifs is 1. The molecule has 0 atom stereocenters. The maximum atomic E-state index is 12.8. The van der Waals surface area contributed by atoms with Crippen LogP contribution in [0, 0.1) is 13.8 Å². The van der Waals surface area contributed by atoms with Gasteiger partial charge in [-0.15, -0.1) is 0 Å². The van der Waals surface area contributed by atoms with Gasteiger partial charge in [0, 0.05) is 46.1 Å². The summed E-state index contributed by atoms with van der Waals surface area (Å²) in [5.41, 5.74) is 4.46. The summed E-state index contributed by atoms with van der Waals surface area (Å²) < 4.78 is 10.6. The molecule has 0 radical (unpaired) electrons. The molecule has 0 saturated heterocycles. The van der Waals surface area contributed by atoms with Crippen molar-refractivity contribution in [1.82, 2.24) is 20.3 Å². The number of benzene rings is 2. The third kappa shape index (κ3) is 6.89. The van der Waals surface area contributed by atoms with Crippen LogP contribution < -0.4 is 20.1 Å². The highest BCUT2D eigenvalue weighted by Gasteiger charge is 2.09. The van der Waals surface area contributed by atoms with E-state index in [9.17, 15) is 4.79 Å². The molecular weight excluding hydrogens is 504 g/mol. The van der Waals surface area contributed by atoms with E-state index in [0.29, 0.717) is 35.4 Å². The van der Waals surface area contributed by atoms with E-state index in [2.05, 4.69) is 30.6 Å². The van der Waals surface area contributed by atoms with Gasteiger partial charge < -0.3 is 14.5 Å². The molecule has 0 saturated carbocycles. The van der Waals surface area contributed by atoms with Crippen LogP contribution >= 0.6 is 11.6 Å². The topological polar surface area (TPSA) is 114 Å². The van der Waals surface area contributed by atoms with Gasteiger partial charge in [0.15, 0.2) is 11.5 Å². The highest BCUT2D eigenvalue weighted by Crippen LogP contribution is 2.28. The average molecular weight is 533 g/mol. The number of methoxy groups -OCH3 is 2. The Morgan fingerprint density at radius 2 is 1.82 bits per heavy atom. The lowest BCUT2D eigenvalue weighted by molar-refractivity contribution is -0.115. The number of aromatic amines is 1. The number of aromatic nitrogens is 3. The first-order valence-electron chi connectivity index (χ1n) is 11.9. The van der Waals surface area contributed by atoms with Crippen molar-refractivity contribution >= 4 is 46.4 Å². The molecule has 1 amide bonds. The summed E-state index contributed by atoms with van der Waals surface area (Å²) in [4.78, 5) is 29.5. The smallest absolute Gasteiger partial charge is 0.250 e. The van der Waals surface area contributed by atoms with Crippen molar-refractivity contribution in [2.75, 3.05) is 26.1 Å². The number of rotatable bonds is 8. The third-order valence-corrected chi connectivity index (χ3v) is 5.90. The molecule has 38 heavy (non-hydrogen) atoms. The number of ether oxygens (including phenoxy) is 2. The Balaban J connectivity index is 1.51. The number of hydrogen-bond acceptors (Lipinski definition) is 6. The summed E-state index contributed by atoms with van der Waals surface area (Å²) >= 11 is 6.18. The number of nitrogens with zero attached hydrogens (tertiary/aromatic N) is 3. The lowest BCUT2D eigenvalue weighted by Gasteiger charge is -2.10. The van der Waals surface area contributed by atoms with E-state index in [4.69, 9.17) is 21.1 Å². The molecule has 2 heterocycles. The maximum Gasteiger partial charge on any atom is 0.250 e. The fourth-order valence-electron chi connectivity index (χ4n) is 3.93. The molecule has 0 fully saturated rings. The molecule has 196 valence electrons. The van der Waals surface area contributed by atoms with Crippen LogP contribution in [0.5, 0.6) is 11.5 Å². The first kappa shape index (κ1) is 26.7. The standard InChI is InChI=1S/C28H29ClN6O3/c1-17-13-18(2)33-28(32-17)35-27(30-12-11-20-16-31-23-8-7-21(29)15-22(20)23)34-26(36)10-6-19-5-9-24(37-3)25(14-19)38-4/h5-10,13-16,31H,11-12H2,1-4H3,(H2,30,32,33,34,35,36). The van der Waals surface area contributed by atoms with Gasteiger partial charge in [-0.25, -0.2) is 9.97 Å². The van der Waals surface area contributed by atoms with Gasteiger partial charge in [0.05, 0.1) is 14.2 Å². The van der Waals surface area contributed by atoms with Crippen LogP contribution in [0.15, 0.2) is 59.7 Å². The van der Waals surface area contributed by atoms with Crippen molar-refractivity contribution in [3.63, 3.8) is 0 Å². The number of hydrogen-bond donors (Lipinski definition) is 3. The zero-order valence-corrected chi connectivity index (χ0v) is 22.4. The zero-order chi connectivity index (χ0) is 27.1. The molecule has 0 unspecified atom stereocenters. The maximum absolute atomic E-state index is 12.8. The predicted octanol–water partition coefficient (Wildman–Crippen LogP) is 5.09. The Hall–Kier alpha value is -4.37. The van der Waals surface area contributed by atoms with Gasteiger partial charge in [-0.3, -0.25) is 20.4 Å². The van der Waals surface area contributed by atoms with E-state index >= 15 is 0 Å². The van der Waals surface area contributed by atoms with Gasteiger partial charge >= 0.3 is 0 Å². The fraction of sp³-hybridized carbons (Fsp3) is 0.214. The molecule has 3 N–H and O–H groups in total. The second-order valence-corrected chi connectivity index (χ2v) is 8.96. The Kier molecular flexibility index (Phi) is 8.60. The monoisotopic (exact) mass is 532 g/mol. The van der Waals surface area contributed by atoms with Crippen LogP contribution in [0.1, 0.15) is 22.5 Å². The first-order valence-corrected chi connectivity index (χ1v) is 12.3. The molecule has 2 aromatic carbocycles.